The Hall–Kier alpha value is -3.97. The summed E-state index contributed by atoms with van der Waals surface area (Å²) in [6, 6.07) is 20.0. The lowest BCUT2D eigenvalue weighted by Crippen LogP contribution is -2.32. The van der Waals surface area contributed by atoms with Gasteiger partial charge in [-0.25, -0.2) is 10.2 Å². The molecule has 3 rings (SSSR count). The van der Waals surface area contributed by atoms with E-state index in [4.69, 9.17) is 16.3 Å². The molecule has 7 nitrogen and oxygen atoms in total. The molecule has 3 aromatic rings. The van der Waals surface area contributed by atoms with Crippen LogP contribution in [0, 0.1) is 6.92 Å². The third-order valence-corrected chi connectivity index (χ3v) is 4.66. The fraction of sp³-hybridized carbons (Fsp3) is 0.0833. The van der Waals surface area contributed by atoms with Crippen molar-refractivity contribution in [2.24, 2.45) is 5.10 Å². The van der Waals surface area contributed by atoms with E-state index in [-0.39, 0.29) is 0 Å². The minimum atomic E-state index is -0.890. The molecule has 0 aliphatic carbocycles. The Morgan fingerprint density at radius 2 is 1.41 bits per heavy atom. The molecule has 3 aromatic carbocycles. The SMILES string of the molecule is C/C(=N\NC(=O)C(=O)Nc1ccc(C)cc1)c1ccc(OC(=O)c2ccc(Cl)cc2)cc1. The van der Waals surface area contributed by atoms with Gasteiger partial charge in [0.05, 0.1) is 11.3 Å². The normalized spacial score (nSPS) is 10.9. The zero-order valence-electron chi connectivity index (χ0n) is 17.4. The average Bonchev–Trinajstić information content (AvgIpc) is 2.79. The van der Waals surface area contributed by atoms with E-state index < -0.39 is 17.8 Å². The fourth-order valence-corrected chi connectivity index (χ4v) is 2.72. The Labute approximate surface area is 190 Å². The maximum absolute atomic E-state index is 12.2. The van der Waals surface area contributed by atoms with Crippen molar-refractivity contribution in [1.82, 2.24) is 5.43 Å². The highest BCUT2D eigenvalue weighted by molar-refractivity contribution is 6.39. The summed E-state index contributed by atoms with van der Waals surface area (Å²) in [7, 11) is 0. The molecule has 2 amide bonds. The Kier molecular flexibility index (Phi) is 7.36. The number of rotatable bonds is 5. The van der Waals surface area contributed by atoms with Gasteiger partial charge in [0.2, 0.25) is 0 Å². The summed E-state index contributed by atoms with van der Waals surface area (Å²) in [5.74, 6) is -1.87. The summed E-state index contributed by atoms with van der Waals surface area (Å²) < 4.78 is 5.32. The molecule has 0 aromatic heterocycles. The highest BCUT2D eigenvalue weighted by atomic mass is 35.5. The van der Waals surface area contributed by atoms with Crippen molar-refractivity contribution in [3.8, 4) is 5.75 Å². The van der Waals surface area contributed by atoms with Gasteiger partial charge in [-0.05, 0) is 80.1 Å². The lowest BCUT2D eigenvalue weighted by Gasteiger charge is -2.07. The third-order valence-electron chi connectivity index (χ3n) is 4.40. The van der Waals surface area contributed by atoms with Crippen LogP contribution in [-0.2, 0) is 9.59 Å². The van der Waals surface area contributed by atoms with E-state index in [9.17, 15) is 14.4 Å². The van der Waals surface area contributed by atoms with Gasteiger partial charge in [0.25, 0.3) is 0 Å². The number of esters is 1. The predicted octanol–water partition coefficient (Wildman–Crippen LogP) is 4.35. The van der Waals surface area contributed by atoms with Crippen molar-refractivity contribution in [3.05, 3.63) is 94.5 Å². The molecule has 32 heavy (non-hydrogen) atoms. The van der Waals surface area contributed by atoms with E-state index >= 15 is 0 Å². The Bertz CT molecular complexity index is 1160. The molecule has 0 spiro atoms. The Balaban J connectivity index is 1.56. The molecular weight excluding hydrogens is 430 g/mol. The first kappa shape index (κ1) is 22.7. The number of hydrogen-bond donors (Lipinski definition) is 2. The number of amides is 2. The zero-order chi connectivity index (χ0) is 23.1. The molecule has 0 aliphatic rings. The van der Waals surface area contributed by atoms with Crippen LogP contribution in [0.2, 0.25) is 5.02 Å². The van der Waals surface area contributed by atoms with Gasteiger partial charge in [-0.2, -0.15) is 5.10 Å². The van der Waals surface area contributed by atoms with E-state index in [1.807, 2.05) is 19.1 Å². The van der Waals surface area contributed by atoms with Crippen molar-refractivity contribution in [1.29, 1.82) is 0 Å². The first-order chi connectivity index (χ1) is 15.3. The van der Waals surface area contributed by atoms with Crippen LogP contribution >= 0.6 is 11.6 Å². The van der Waals surface area contributed by atoms with E-state index in [0.717, 1.165) is 5.56 Å². The Morgan fingerprint density at radius 1 is 0.812 bits per heavy atom. The van der Waals surface area contributed by atoms with Crippen LogP contribution in [0.5, 0.6) is 5.75 Å². The fourth-order valence-electron chi connectivity index (χ4n) is 2.59. The molecule has 0 unspecified atom stereocenters. The number of hydrogen-bond acceptors (Lipinski definition) is 5. The molecule has 0 bridgehead atoms. The van der Waals surface area contributed by atoms with Crippen LogP contribution in [-0.4, -0.2) is 23.5 Å². The van der Waals surface area contributed by atoms with Crippen molar-refractivity contribution in [2.75, 3.05) is 5.32 Å². The van der Waals surface area contributed by atoms with Crippen LogP contribution in [0.4, 0.5) is 5.69 Å². The second-order valence-corrected chi connectivity index (χ2v) is 7.32. The first-order valence-electron chi connectivity index (χ1n) is 9.62. The van der Waals surface area contributed by atoms with Crippen molar-refractivity contribution < 1.29 is 19.1 Å². The number of ether oxygens (including phenoxy) is 1. The summed E-state index contributed by atoms with van der Waals surface area (Å²) >= 11 is 5.82. The number of nitrogens with one attached hydrogen (secondary N) is 2. The molecule has 0 heterocycles. The average molecular weight is 450 g/mol. The second-order valence-electron chi connectivity index (χ2n) is 6.88. The number of aryl methyl sites for hydroxylation is 1. The number of anilines is 1. The topological polar surface area (TPSA) is 96.9 Å². The van der Waals surface area contributed by atoms with Gasteiger partial charge in [-0.15, -0.1) is 0 Å². The number of carbonyl (C=O) groups is 3. The first-order valence-corrected chi connectivity index (χ1v) is 10.00. The van der Waals surface area contributed by atoms with Gasteiger partial charge in [0, 0.05) is 10.7 Å². The summed E-state index contributed by atoms with van der Waals surface area (Å²) in [6.45, 7) is 3.60. The monoisotopic (exact) mass is 449 g/mol. The molecule has 0 saturated carbocycles. The summed E-state index contributed by atoms with van der Waals surface area (Å²) in [5, 5.41) is 6.98. The summed E-state index contributed by atoms with van der Waals surface area (Å²) in [4.78, 5) is 36.1. The molecule has 0 aliphatic heterocycles. The number of benzene rings is 3. The molecule has 0 fully saturated rings. The van der Waals surface area contributed by atoms with Crippen LogP contribution in [0.15, 0.2) is 77.9 Å². The number of carbonyl (C=O) groups excluding carboxylic acids is 3. The smallest absolute Gasteiger partial charge is 0.343 e. The maximum Gasteiger partial charge on any atom is 0.343 e. The van der Waals surface area contributed by atoms with E-state index in [1.165, 1.54) is 0 Å². The number of nitrogens with zero attached hydrogens (tertiary/aromatic N) is 1. The molecule has 2 N–H and O–H groups in total. The summed E-state index contributed by atoms with van der Waals surface area (Å²) in [5.41, 5.74) is 5.30. The van der Waals surface area contributed by atoms with E-state index in [0.29, 0.717) is 33.3 Å². The van der Waals surface area contributed by atoms with Crippen LogP contribution in [0.3, 0.4) is 0 Å². The van der Waals surface area contributed by atoms with Gasteiger partial charge in [0.15, 0.2) is 0 Å². The predicted molar refractivity (Wildman–Crippen MR) is 123 cm³/mol. The molecule has 162 valence electrons. The van der Waals surface area contributed by atoms with Crippen LogP contribution < -0.4 is 15.5 Å². The highest BCUT2D eigenvalue weighted by Crippen LogP contribution is 2.16. The molecule has 0 saturated heterocycles. The molecular formula is C24H20ClN3O4. The lowest BCUT2D eigenvalue weighted by molar-refractivity contribution is -0.136. The summed E-state index contributed by atoms with van der Waals surface area (Å²) in [6.07, 6.45) is 0. The number of halogens is 1. The zero-order valence-corrected chi connectivity index (χ0v) is 18.1. The minimum Gasteiger partial charge on any atom is -0.423 e. The van der Waals surface area contributed by atoms with Crippen LogP contribution in [0.25, 0.3) is 0 Å². The number of hydrazone groups is 1. The van der Waals surface area contributed by atoms with Gasteiger partial charge in [-0.1, -0.05) is 29.3 Å². The van der Waals surface area contributed by atoms with Gasteiger partial charge in [-0.3, -0.25) is 9.59 Å². The molecule has 8 heteroatoms. The lowest BCUT2D eigenvalue weighted by atomic mass is 10.1. The largest absolute Gasteiger partial charge is 0.423 e. The maximum atomic E-state index is 12.2. The highest BCUT2D eigenvalue weighted by Gasteiger charge is 2.13. The standard InChI is InChI=1S/C24H20ClN3O4/c1-15-3-11-20(12-4-15)26-22(29)23(30)28-27-16(2)17-7-13-21(14-8-17)32-24(31)18-5-9-19(25)10-6-18/h3-14H,1-2H3,(H,26,29)(H,28,30)/b27-16+. The minimum absolute atomic E-state index is 0.350. The van der Waals surface area contributed by atoms with Crippen LogP contribution in [0.1, 0.15) is 28.4 Å². The van der Waals surface area contributed by atoms with Gasteiger partial charge < -0.3 is 10.1 Å². The van der Waals surface area contributed by atoms with Gasteiger partial charge in [0.1, 0.15) is 5.75 Å². The van der Waals surface area contributed by atoms with Crippen molar-refractivity contribution in [2.45, 2.75) is 13.8 Å². The molecule has 0 atom stereocenters. The van der Waals surface area contributed by atoms with E-state index in [2.05, 4.69) is 15.8 Å². The Morgan fingerprint density at radius 3 is 2.03 bits per heavy atom. The van der Waals surface area contributed by atoms with Crippen molar-refractivity contribution >= 4 is 40.8 Å². The van der Waals surface area contributed by atoms with Crippen molar-refractivity contribution in [3.63, 3.8) is 0 Å². The van der Waals surface area contributed by atoms with E-state index in [1.54, 1.807) is 67.6 Å². The quantitative estimate of drug-likeness (QED) is 0.199. The van der Waals surface area contributed by atoms with Gasteiger partial charge >= 0.3 is 17.8 Å². The molecule has 0 radical (unpaired) electrons. The third kappa shape index (κ3) is 6.26. The second kappa shape index (κ2) is 10.4.